The van der Waals surface area contributed by atoms with E-state index < -0.39 is 21.7 Å². The molecule has 28 heavy (non-hydrogen) atoms. The smallest absolute Gasteiger partial charge is 0.257 e. The predicted molar refractivity (Wildman–Crippen MR) is 105 cm³/mol. The van der Waals surface area contributed by atoms with Crippen molar-refractivity contribution in [3.63, 3.8) is 0 Å². The second kappa shape index (κ2) is 8.34. The summed E-state index contributed by atoms with van der Waals surface area (Å²) in [6.07, 6.45) is 0. The lowest BCUT2D eigenvalue weighted by Gasteiger charge is -2.26. The molecule has 0 bridgehead atoms. The van der Waals surface area contributed by atoms with Crippen molar-refractivity contribution in [1.29, 1.82) is 0 Å². The highest BCUT2D eigenvalue weighted by Gasteiger charge is 2.30. The maximum Gasteiger partial charge on any atom is 0.257 e. The van der Waals surface area contributed by atoms with Crippen LogP contribution in [0.15, 0.2) is 35.2 Å². The standard InChI is InChI=1S/C18H17Cl2FN2O4S/c1-11-8-12(21)2-3-16(11)22-18(24)13-9-17(15(20)10-14(13)19)28(25,26)23-4-6-27-7-5-23/h2-3,8-10H,4-7H2,1H3,(H,22,24). The van der Waals surface area contributed by atoms with E-state index in [0.29, 0.717) is 11.3 Å². The molecule has 150 valence electrons. The van der Waals surface area contributed by atoms with E-state index in [2.05, 4.69) is 5.32 Å². The zero-order chi connectivity index (χ0) is 20.5. The van der Waals surface area contributed by atoms with E-state index in [1.54, 1.807) is 6.92 Å². The Morgan fingerprint density at radius 2 is 1.82 bits per heavy atom. The van der Waals surface area contributed by atoms with Crippen LogP contribution in [0.3, 0.4) is 0 Å². The molecule has 1 aliphatic heterocycles. The fourth-order valence-corrected chi connectivity index (χ4v) is 5.03. The molecule has 1 fully saturated rings. The summed E-state index contributed by atoms with van der Waals surface area (Å²) in [5, 5.41) is 2.54. The molecular weight excluding hydrogens is 430 g/mol. The molecule has 1 heterocycles. The van der Waals surface area contributed by atoms with Gasteiger partial charge in [-0.3, -0.25) is 4.79 Å². The number of nitrogens with one attached hydrogen (secondary N) is 1. The number of rotatable bonds is 4. The molecule has 0 spiro atoms. The van der Waals surface area contributed by atoms with Crippen LogP contribution in [0, 0.1) is 12.7 Å². The summed E-state index contributed by atoms with van der Waals surface area (Å²) >= 11 is 12.2. The summed E-state index contributed by atoms with van der Waals surface area (Å²) in [4.78, 5) is 12.5. The number of nitrogens with zero attached hydrogens (tertiary/aromatic N) is 1. The number of anilines is 1. The van der Waals surface area contributed by atoms with Crippen LogP contribution in [0.2, 0.25) is 10.0 Å². The number of carbonyl (C=O) groups is 1. The van der Waals surface area contributed by atoms with Gasteiger partial charge in [-0.25, -0.2) is 12.8 Å². The topological polar surface area (TPSA) is 75.7 Å². The van der Waals surface area contributed by atoms with Gasteiger partial charge in [0.2, 0.25) is 10.0 Å². The molecule has 2 aromatic rings. The van der Waals surface area contributed by atoms with Crippen molar-refractivity contribution in [2.24, 2.45) is 0 Å². The summed E-state index contributed by atoms with van der Waals surface area (Å²) in [6, 6.07) is 6.28. The Balaban J connectivity index is 1.95. The second-order valence-corrected chi connectivity index (χ2v) is 8.91. The third-order valence-corrected chi connectivity index (χ3v) is 6.97. The summed E-state index contributed by atoms with van der Waals surface area (Å²) in [5.74, 6) is -1.06. The van der Waals surface area contributed by atoms with Crippen LogP contribution in [0.1, 0.15) is 15.9 Å². The average molecular weight is 447 g/mol. The number of hydrogen-bond donors (Lipinski definition) is 1. The van der Waals surface area contributed by atoms with Crippen LogP contribution in [-0.4, -0.2) is 44.9 Å². The molecule has 0 aliphatic carbocycles. The summed E-state index contributed by atoms with van der Waals surface area (Å²) in [6.45, 7) is 2.58. The number of ether oxygens (including phenoxy) is 1. The van der Waals surface area contributed by atoms with Gasteiger partial charge in [-0.05, 0) is 42.8 Å². The Morgan fingerprint density at radius 1 is 1.14 bits per heavy atom. The summed E-state index contributed by atoms with van der Waals surface area (Å²) in [5.41, 5.74) is 0.844. The normalized spacial score (nSPS) is 15.4. The van der Waals surface area contributed by atoms with Gasteiger partial charge in [-0.1, -0.05) is 23.2 Å². The Bertz CT molecular complexity index is 1020. The molecule has 1 aliphatic rings. The Morgan fingerprint density at radius 3 is 2.46 bits per heavy atom. The van der Waals surface area contributed by atoms with Gasteiger partial charge in [0, 0.05) is 18.8 Å². The van der Waals surface area contributed by atoms with Crippen LogP contribution in [-0.2, 0) is 14.8 Å². The number of amides is 1. The van der Waals surface area contributed by atoms with E-state index in [1.165, 1.54) is 28.6 Å². The molecule has 6 nitrogen and oxygen atoms in total. The first-order valence-electron chi connectivity index (χ1n) is 8.34. The van der Waals surface area contributed by atoms with E-state index in [9.17, 15) is 17.6 Å². The van der Waals surface area contributed by atoms with Crippen LogP contribution in [0.25, 0.3) is 0 Å². The van der Waals surface area contributed by atoms with Gasteiger partial charge in [0.25, 0.3) is 5.91 Å². The third-order valence-electron chi connectivity index (χ3n) is 4.29. The molecule has 0 radical (unpaired) electrons. The molecule has 3 rings (SSSR count). The number of hydrogen-bond acceptors (Lipinski definition) is 4. The molecule has 1 N–H and O–H groups in total. The van der Waals surface area contributed by atoms with E-state index in [4.69, 9.17) is 27.9 Å². The zero-order valence-electron chi connectivity index (χ0n) is 14.8. The molecule has 0 aromatic heterocycles. The van der Waals surface area contributed by atoms with Crippen LogP contribution in [0.5, 0.6) is 0 Å². The minimum absolute atomic E-state index is 0.00296. The minimum Gasteiger partial charge on any atom is -0.379 e. The number of halogens is 3. The van der Waals surface area contributed by atoms with Crippen LogP contribution >= 0.6 is 23.2 Å². The fraction of sp³-hybridized carbons (Fsp3) is 0.278. The van der Waals surface area contributed by atoms with Crippen LogP contribution < -0.4 is 5.32 Å². The van der Waals surface area contributed by atoms with E-state index in [0.717, 1.165) is 6.07 Å². The minimum atomic E-state index is -3.92. The van der Waals surface area contributed by atoms with Gasteiger partial charge in [0.15, 0.2) is 0 Å². The van der Waals surface area contributed by atoms with Gasteiger partial charge in [0.1, 0.15) is 10.7 Å². The molecule has 2 aromatic carbocycles. The first-order chi connectivity index (χ1) is 13.2. The zero-order valence-corrected chi connectivity index (χ0v) is 17.2. The Labute approximate surface area is 172 Å². The first-order valence-corrected chi connectivity index (χ1v) is 10.5. The van der Waals surface area contributed by atoms with Gasteiger partial charge >= 0.3 is 0 Å². The lowest BCUT2D eigenvalue weighted by atomic mass is 10.1. The molecule has 0 saturated carbocycles. The third kappa shape index (κ3) is 4.31. The lowest BCUT2D eigenvalue weighted by Crippen LogP contribution is -2.40. The molecule has 1 amide bonds. The van der Waals surface area contributed by atoms with Crippen molar-refractivity contribution in [2.45, 2.75) is 11.8 Å². The van der Waals surface area contributed by atoms with Crippen molar-refractivity contribution in [1.82, 2.24) is 4.31 Å². The largest absolute Gasteiger partial charge is 0.379 e. The number of carbonyl (C=O) groups excluding carboxylic acids is 1. The van der Waals surface area contributed by atoms with E-state index >= 15 is 0 Å². The van der Waals surface area contributed by atoms with Gasteiger partial charge in [-0.2, -0.15) is 4.31 Å². The SMILES string of the molecule is Cc1cc(F)ccc1NC(=O)c1cc(S(=O)(=O)N2CCOCC2)c(Cl)cc1Cl. The number of benzene rings is 2. The van der Waals surface area contributed by atoms with Crippen molar-refractivity contribution < 1.29 is 22.3 Å². The highest BCUT2D eigenvalue weighted by molar-refractivity contribution is 7.89. The second-order valence-electron chi connectivity index (χ2n) is 6.19. The molecule has 0 unspecified atom stereocenters. The van der Waals surface area contributed by atoms with Crippen molar-refractivity contribution >= 4 is 44.8 Å². The van der Waals surface area contributed by atoms with E-state index in [-0.39, 0.29) is 46.8 Å². The number of morpholine rings is 1. The van der Waals surface area contributed by atoms with E-state index in [1.807, 2.05) is 0 Å². The molecular formula is C18H17Cl2FN2O4S. The highest BCUT2D eigenvalue weighted by Crippen LogP contribution is 2.31. The average Bonchev–Trinajstić information content (AvgIpc) is 2.64. The fourth-order valence-electron chi connectivity index (χ4n) is 2.78. The first kappa shape index (κ1) is 21.0. The molecule has 10 heteroatoms. The maximum atomic E-state index is 13.2. The maximum absolute atomic E-state index is 13.2. The van der Waals surface area contributed by atoms with Gasteiger partial charge in [-0.15, -0.1) is 0 Å². The van der Waals surface area contributed by atoms with Crippen molar-refractivity contribution in [3.05, 3.63) is 57.3 Å². The van der Waals surface area contributed by atoms with Gasteiger partial charge in [0.05, 0.1) is 28.8 Å². The number of sulfonamides is 1. The predicted octanol–water partition coefficient (Wildman–Crippen LogP) is 3.71. The van der Waals surface area contributed by atoms with Crippen molar-refractivity contribution in [3.8, 4) is 0 Å². The van der Waals surface area contributed by atoms with Gasteiger partial charge < -0.3 is 10.1 Å². The monoisotopic (exact) mass is 446 g/mol. The Hall–Kier alpha value is -1.71. The number of aryl methyl sites for hydroxylation is 1. The van der Waals surface area contributed by atoms with Crippen LogP contribution in [0.4, 0.5) is 10.1 Å². The van der Waals surface area contributed by atoms with Crippen molar-refractivity contribution in [2.75, 3.05) is 31.6 Å². The molecule has 1 saturated heterocycles. The summed E-state index contributed by atoms with van der Waals surface area (Å²) in [7, 11) is -3.92. The highest BCUT2D eigenvalue weighted by atomic mass is 35.5. The summed E-state index contributed by atoms with van der Waals surface area (Å²) < 4.78 is 45.5. The lowest BCUT2D eigenvalue weighted by molar-refractivity contribution is 0.0730. The quantitative estimate of drug-likeness (QED) is 0.776. The molecule has 0 atom stereocenters. The Kier molecular flexibility index (Phi) is 6.26.